The van der Waals surface area contributed by atoms with Crippen LogP contribution in [-0.4, -0.2) is 64.4 Å². The molecule has 0 saturated heterocycles. The van der Waals surface area contributed by atoms with E-state index < -0.39 is 42.3 Å². The zero-order chi connectivity index (χ0) is 19.9. The summed E-state index contributed by atoms with van der Waals surface area (Å²) in [5, 5.41) is 12.3. The minimum atomic E-state index is -1.46. The summed E-state index contributed by atoms with van der Waals surface area (Å²) < 4.78 is 9.96. The lowest BCUT2D eigenvalue weighted by molar-refractivity contribution is -0.155. The number of nitrogens with one attached hydrogen (secondary N) is 1. The van der Waals surface area contributed by atoms with Gasteiger partial charge in [-0.2, -0.15) is 0 Å². The number of hydrogen-bond donors (Lipinski definition) is 2. The molecule has 0 aliphatic carbocycles. The second kappa shape index (κ2) is 9.60. The maximum Gasteiger partial charge on any atom is 0.408 e. The Morgan fingerprint density at radius 1 is 1.04 bits per heavy atom. The monoisotopic (exact) mass is 360 g/mol. The van der Waals surface area contributed by atoms with Crippen molar-refractivity contribution in [3.8, 4) is 0 Å². The predicted octanol–water partition coefficient (Wildman–Crippen LogP) is 1.45. The molecule has 0 aliphatic heterocycles. The summed E-state index contributed by atoms with van der Waals surface area (Å²) >= 11 is 0. The third kappa shape index (κ3) is 8.72. The lowest BCUT2D eigenvalue weighted by Crippen LogP contribution is -2.49. The fraction of sp³-hybridized carbons (Fsp3) is 0.824. The van der Waals surface area contributed by atoms with Crippen LogP contribution in [0.5, 0.6) is 0 Å². The van der Waals surface area contributed by atoms with Gasteiger partial charge in [0, 0.05) is 12.1 Å². The average Bonchev–Trinajstić information content (AvgIpc) is 2.40. The van der Waals surface area contributed by atoms with Crippen molar-refractivity contribution in [2.45, 2.75) is 85.2 Å². The topological polar surface area (TPSA) is 105 Å². The van der Waals surface area contributed by atoms with Gasteiger partial charge in [0.1, 0.15) is 18.2 Å². The van der Waals surface area contributed by atoms with E-state index in [0.717, 1.165) is 0 Å². The summed E-state index contributed by atoms with van der Waals surface area (Å²) in [5.74, 6) is -1.27. The van der Waals surface area contributed by atoms with Crippen LogP contribution in [0.25, 0.3) is 0 Å². The van der Waals surface area contributed by atoms with Crippen LogP contribution in [0.2, 0.25) is 0 Å². The molecule has 0 radical (unpaired) electrons. The van der Waals surface area contributed by atoms with E-state index in [1.807, 2.05) is 27.7 Å². The average molecular weight is 360 g/mol. The Labute approximate surface area is 149 Å². The largest absolute Gasteiger partial charge is 0.461 e. The Morgan fingerprint density at radius 2 is 1.52 bits per heavy atom. The van der Waals surface area contributed by atoms with Crippen LogP contribution < -0.4 is 5.32 Å². The molecule has 25 heavy (non-hydrogen) atoms. The maximum absolute atomic E-state index is 12.2. The summed E-state index contributed by atoms with van der Waals surface area (Å²) in [6, 6.07) is -1.15. The minimum absolute atomic E-state index is 0.0920. The Kier molecular flexibility index (Phi) is 8.90. The van der Waals surface area contributed by atoms with Gasteiger partial charge < -0.3 is 24.8 Å². The summed E-state index contributed by atoms with van der Waals surface area (Å²) in [4.78, 5) is 37.2. The number of carbonyl (C=O) groups excluding carboxylic acids is 3. The zero-order valence-electron chi connectivity index (χ0n) is 16.5. The normalized spacial score (nSPS) is 14.0. The maximum atomic E-state index is 12.2. The zero-order valence-corrected chi connectivity index (χ0v) is 16.5. The molecule has 2 N–H and O–H groups in total. The molecule has 0 aromatic heterocycles. The molecule has 1 unspecified atom stereocenters. The van der Waals surface area contributed by atoms with Crippen LogP contribution in [0.1, 0.15) is 55.4 Å². The van der Waals surface area contributed by atoms with Crippen LogP contribution in [0.15, 0.2) is 0 Å². The van der Waals surface area contributed by atoms with Crippen LogP contribution in [0, 0.1) is 0 Å². The molecule has 0 heterocycles. The van der Waals surface area contributed by atoms with E-state index in [9.17, 15) is 19.5 Å². The number of rotatable bonds is 7. The lowest BCUT2D eigenvalue weighted by atomic mass is 10.2. The number of alkyl carbamates (subject to hydrolysis) is 1. The van der Waals surface area contributed by atoms with Crippen LogP contribution in [-0.2, 0) is 19.1 Å². The first-order valence-electron chi connectivity index (χ1n) is 8.42. The van der Waals surface area contributed by atoms with Gasteiger partial charge in [0.25, 0.3) is 5.91 Å². The van der Waals surface area contributed by atoms with Crippen molar-refractivity contribution in [1.29, 1.82) is 0 Å². The van der Waals surface area contributed by atoms with Crippen molar-refractivity contribution in [2.75, 3.05) is 6.61 Å². The summed E-state index contributed by atoms with van der Waals surface area (Å²) in [7, 11) is 0. The minimum Gasteiger partial charge on any atom is -0.461 e. The van der Waals surface area contributed by atoms with E-state index in [1.165, 1.54) is 11.8 Å². The van der Waals surface area contributed by atoms with E-state index in [2.05, 4.69) is 5.32 Å². The summed E-state index contributed by atoms with van der Waals surface area (Å²) in [5.41, 5.74) is -0.687. The molecule has 0 aromatic rings. The van der Waals surface area contributed by atoms with Gasteiger partial charge in [0.15, 0.2) is 6.10 Å². The summed E-state index contributed by atoms with van der Waals surface area (Å²) in [6.45, 7) is 13.4. The second-order valence-corrected chi connectivity index (χ2v) is 7.45. The highest BCUT2D eigenvalue weighted by Crippen LogP contribution is 2.09. The molecule has 0 rings (SSSR count). The molecule has 2 atom stereocenters. The number of ether oxygens (including phenoxy) is 2. The first-order valence-corrected chi connectivity index (χ1v) is 8.42. The van der Waals surface area contributed by atoms with Gasteiger partial charge in [-0.1, -0.05) is 0 Å². The smallest absolute Gasteiger partial charge is 0.408 e. The molecule has 2 amide bonds. The molecule has 0 fully saturated rings. The molecule has 146 valence electrons. The summed E-state index contributed by atoms with van der Waals surface area (Å²) in [6.07, 6.45) is -2.21. The van der Waals surface area contributed by atoms with E-state index in [1.54, 1.807) is 20.8 Å². The van der Waals surface area contributed by atoms with Gasteiger partial charge in [-0.3, -0.25) is 4.79 Å². The Bertz CT molecular complexity index is 462. The van der Waals surface area contributed by atoms with Crippen LogP contribution in [0.3, 0.4) is 0 Å². The molecule has 0 saturated carbocycles. The fourth-order valence-corrected chi connectivity index (χ4v) is 2.18. The Balaban J connectivity index is 4.53. The number of hydrogen-bond acceptors (Lipinski definition) is 6. The van der Waals surface area contributed by atoms with Gasteiger partial charge in [-0.15, -0.1) is 0 Å². The molecular weight excluding hydrogens is 328 g/mol. The van der Waals surface area contributed by atoms with E-state index >= 15 is 0 Å². The standard InChI is InChI=1S/C17H32N2O6/c1-10(2)19(11(3)4)14(21)13(20)9-24-15(22)12(5)18-16(23)25-17(6,7)8/h10-13,20H,9H2,1-8H3,(H,18,23)/t12-,13?/m0/s1. The Morgan fingerprint density at radius 3 is 1.92 bits per heavy atom. The molecule has 0 aromatic carbocycles. The van der Waals surface area contributed by atoms with E-state index in [4.69, 9.17) is 9.47 Å². The highest BCUT2D eigenvalue weighted by molar-refractivity contribution is 5.83. The first-order chi connectivity index (χ1) is 11.3. The first kappa shape index (κ1) is 23.2. The van der Waals surface area contributed by atoms with Gasteiger partial charge in [0.2, 0.25) is 0 Å². The van der Waals surface area contributed by atoms with E-state index in [0.29, 0.717) is 0 Å². The van der Waals surface area contributed by atoms with Crippen molar-refractivity contribution >= 4 is 18.0 Å². The Hall–Kier alpha value is -1.83. The third-order valence-corrected chi connectivity index (χ3v) is 3.12. The quantitative estimate of drug-likeness (QED) is 0.666. The van der Waals surface area contributed by atoms with Gasteiger partial charge in [-0.25, -0.2) is 9.59 Å². The number of amides is 2. The predicted molar refractivity (Wildman–Crippen MR) is 92.9 cm³/mol. The third-order valence-electron chi connectivity index (χ3n) is 3.12. The van der Waals surface area contributed by atoms with Crippen molar-refractivity contribution in [1.82, 2.24) is 10.2 Å². The van der Waals surface area contributed by atoms with E-state index in [-0.39, 0.29) is 12.1 Å². The van der Waals surface area contributed by atoms with Gasteiger partial charge >= 0.3 is 12.1 Å². The van der Waals surface area contributed by atoms with Crippen LogP contribution >= 0.6 is 0 Å². The van der Waals surface area contributed by atoms with Crippen molar-refractivity contribution < 1.29 is 29.0 Å². The van der Waals surface area contributed by atoms with Crippen molar-refractivity contribution in [3.05, 3.63) is 0 Å². The molecule has 8 heteroatoms. The SMILES string of the molecule is CC(C)N(C(=O)C(O)COC(=O)[C@H](C)NC(=O)OC(C)(C)C)C(C)C. The van der Waals surface area contributed by atoms with Gasteiger partial charge in [-0.05, 0) is 55.4 Å². The number of nitrogens with zero attached hydrogens (tertiary/aromatic N) is 1. The number of esters is 1. The number of aliphatic hydroxyl groups is 1. The number of aliphatic hydroxyl groups excluding tert-OH is 1. The van der Waals surface area contributed by atoms with Crippen molar-refractivity contribution in [2.24, 2.45) is 0 Å². The molecule has 0 aliphatic rings. The molecule has 0 bridgehead atoms. The van der Waals surface area contributed by atoms with Gasteiger partial charge in [0.05, 0.1) is 0 Å². The highest BCUT2D eigenvalue weighted by Gasteiger charge is 2.28. The second-order valence-electron chi connectivity index (χ2n) is 7.45. The lowest BCUT2D eigenvalue weighted by Gasteiger charge is -2.32. The number of carbonyl (C=O) groups is 3. The fourth-order valence-electron chi connectivity index (χ4n) is 2.18. The molecular formula is C17H32N2O6. The molecule has 0 spiro atoms. The highest BCUT2D eigenvalue weighted by atomic mass is 16.6. The van der Waals surface area contributed by atoms with Crippen molar-refractivity contribution in [3.63, 3.8) is 0 Å². The molecule has 8 nitrogen and oxygen atoms in total. The van der Waals surface area contributed by atoms with Crippen LogP contribution in [0.4, 0.5) is 4.79 Å².